The first-order valence-corrected chi connectivity index (χ1v) is 6.32. The summed E-state index contributed by atoms with van der Waals surface area (Å²) in [6, 6.07) is 12.8. The van der Waals surface area contributed by atoms with E-state index in [1.54, 1.807) is 6.07 Å². The van der Waals surface area contributed by atoms with Gasteiger partial charge in [-0.3, -0.25) is 4.90 Å². The highest BCUT2D eigenvalue weighted by atomic mass is 19.1. The quantitative estimate of drug-likeness (QED) is 0.852. The molecule has 2 N–H and O–H groups in total. The van der Waals surface area contributed by atoms with E-state index in [1.165, 1.54) is 11.6 Å². The summed E-state index contributed by atoms with van der Waals surface area (Å²) in [7, 11) is 2.05. The minimum absolute atomic E-state index is 0.178. The molecule has 0 saturated carbocycles. The zero-order valence-corrected chi connectivity index (χ0v) is 11.4. The first-order chi connectivity index (χ1) is 9.04. The Hall–Kier alpha value is -1.87. The van der Waals surface area contributed by atoms with Gasteiger partial charge in [-0.25, -0.2) is 4.39 Å². The van der Waals surface area contributed by atoms with Crippen molar-refractivity contribution in [2.24, 2.45) is 0 Å². The lowest BCUT2D eigenvalue weighted by molar-refractivity contribution is 0.318. The van der Waals surface area contributed by atoms with E-state index in [4.69, 9.17) is 5.73 Å². The molecule has 0 aliphatic carbocycles. The predicted molar refractivity (Wildman–Crippen MR) is 77.2 cm³/mol. The standard InChI is InChI=1S/C16H19FN2/c1-12-9-15(17)6-5-14(12)11-19(2)10-13-3-7-16(18)8-4-13/h3-9H,10-11,18H2,1-2H3. The van der Waals surface area contributed by atoms with E-state index in [9.17, 15) is 4.39 Å². The molecular weight excluding hydrogens is 239 g/mol. The topological polar surface area (TPSA) is 29.3 Å². The Morgan fingerprint density at radius 1 is 1.05 bits per heavy atom. The summed E-state index contributed by atoms with van der Waals surface area (Å²) >= 11 is 0. The highest BCUT2D eigenvalue weighted by Crippen LogP contribution is 2.14. The third kappa shape index (κ3) is 3.80. The minimum atomic E-state index is -0.178. The first kappa shape index (κ1) is 13.6. The number of aryl methyl sites for hydroxylation is 1. The van der Waals surface area contributed by atoms with Gasteiger partial charge in [-0.1, -0.05) is 18.2 Å². The molecule has 3 heteroatoms. The van der Waals surface area contributed by atoms with Crippen molar-refractivity contribution in [3.8, 4) is 0 Å². The predicted octanol–water partition coefficient (Wildman–Crippen LogP) is 3.35. The Balaban J connectivity index is 2.01. The van der Waals surface area contributed by atoms with Crippen LogP contribution in [0.2, 0.25) is 0 Å². The van der Waals surface area contributed by atoms with Crippen molar-refractivity contribution >= 4 is 5.69 Å². The number of benzene rings is 2. The van der Waals surface area contributed by atoms with E-state index < -0.39 is 0 Å². The molecule has 2 nitrogen and oxygen atoms in total. The molecular formula is C16H19FN2. The van der Waals surface area contributed by atoms with E-state index in [-0.39, 0.29) is 5.82 Å². The maximum atomic E-state index is 13.0. The second-order valence-electron chi connectivity index (χ2n) is 4.98. The van der Waals surface area contributed by atoms with Gasteiger partial charge in [0.05, 0.1) is 0 Å². The summed E-state index contributed by atoms with van der Waals surface area (Å²) in [5, 5.41) is 0. The monoisotopic (exact) mass is 258 g/mol. The SMILES string of the molecule is Cc1cc(F)ccc1CN(C)Cc1ccc(N)cc1. The first-order valence-electron chi connectivity index (χ1n) is 6.32. The number of anilines is 1. The number of nitrogen functional groups attached to an aromatic ring is 1. The molecule has 100 valence electrons. The molecule has 0 bridgehead atoms. The lowest BCUT2D eigenvalue weighted by Crippen LogP contribution is -2.17. The molecule has 2 rings (SSSR count). The third-order valence-corrected chi connectivity index (χ3v) is 3.18. The van der Waals surface area contributed by atoms with Crippen LogP contribution in [0.4, 0.5) is 10.1 Å². The normalized spacial score (nSPS) is 10.9. The maximum Gasteiger partial charge on any atom is 0.123 e. The molecule has 0 amide bonds. The fourth-order valence-corrected chi connectivity index (χ4v) is 2.12. The smallest absolute Gasteiger partial charge is 0.123 e. The Kier molecular flexibility index (Phi) is 4.17. The van der Waals surface area contributed by atoms with Crippen LogP contribution in [0.25, 0.3) is 0 Å². The van der Waals surface area contributed by atoms with Crippen molar-refractivity contribution in [2.45, 2.75) is 20.0 Å². The van der Waals surface area contributed by atoms with Gasteiger partial charge in [-0.15, -0.1) is 0 Å². The lowest BCUT2D eigenvalue weighted by atomic mass is 10.1. The number of nitrogens with zero attached hydrogens (tertiary/aromatic N) is 1. The second-order valence-corrected chi connectivity index (χ2v) is 4.98. The molecule has 0 aliphatic rings. The van der Waals surface area contributed by atoms with Gasteiger partial charge in [-0.05, 0) is 54.9 Å². The van der Waals surface area contributed by atoms with E-state index in [1.807, 2.05) is 37.3 Å². The fraction of sp³-hybridized carbons (Fsp3) is 0.250. The second kappa shape index (κ2) is 5.85. The molecule has 0 atom stereocenters. The summed E-state index contributed by atoms with van der Waals surface area (Å²) in [6.45, 7) is 3.59. The molecule has 0 saturated heterocycles. The molecule has 19 heavy (non-hydrogen) atoms. The van der Waals surface area contributed by atoms with Crippen molar-refractivity contribution in [1.29, 1.82) is 0 Å². The van der Waals surface area contributed by atoms with Gasteiger partial charge in [0, 0.05) is 18.8 Å². The summed E-state index contributed by atoms with van der Waals surface area (Å²) < 4.78 is 13.0. The summed E-state index contributed by atoms with van der Waals surface area (Å²) in [4.78, 5) is 2.20. The Bertz CT molecular complexity index is 549. The number of nitrogens with two attached hydrogens (primary N) is 1. The van der Waals surface area contributed by atoms with Crippen LogP contribution >= 0.6 is 0 Å². The van der Waals surface area contributed by atoms with Crippen LogP contribution in [-0.4, -0.2) is 11.9 Å². The number of halogens is 1. The van der Waals surface area contributed by atoms with Crippen LogP contribution in [0, 0.1) is 12.7 Å². The number of hydrogen-bond donors (Lipinski definition) is 1. The van der Waals surface area contributed by atoms with Gasteiger partial charge in [0.1, 0.15) is 5.82 Å². The largest absolute Gasteiger partial charge is 0.399 e. The lowest BCUT2D eigenvalue weighted by Gasteiger charge is -2.18. The molecule has 0 fully saturated rings. The van der Waals surface area contributed by atoms with Crippen molar-refractivity contribution in [3.05, 3.63) is 65.0 Å². The van der Waals surface area contributed by atoms with E-state index in [2.05, 4.69) is 11.9 Å². The van der Waals surface area contributed by atoms with Crippen LogP contribution in [0.1, 0.15) is 16.7 Å². The number of hydrogen-bond acceptors (Lipinski definition) is 2. The summed E-state index contributed by atoms with van der Waals surface area (Å²) in [5.74, 6) is -0.178. The van der Waals surface area contributed by atoms with Gasteiger partial charge in [0.25, 0.3) is 0 Å². The van der Waals surface area contributed by atoms with Gasteiger partial charge >= 0.3 is 0 Å². The van der Waals surface area contributed by atoms with Gasteiger partial charge in [-0.2, -0.15) is 0 Å². The van der Waals surface area contributed by atoms with Crippen LogP contribution in [0.5, 0.6) is 0 Å². The third-order valence-electron chi connectivity index (χ3n) is 3.18. The molecule has 0 aromatic heterocycles. The van der Waals surface area contributed by atoms with E-state index >= 15 is 0 Å². The van der Waals surface area contributed by atoms with Crippen molar-refractivity contribution in [3.63, 3.8) is 0 Å². The van der Waals surface area contributed by atoms with Crippen LogP contribution in [0.15, 0.2) is 42.5 Å². The molecule has 0 unspecified atom stereocenters. The van der Waals surface area contributed by atoms with Crippen LogP contribution in [0.3, 0.4) is 0 Å². The molecule has 2 aromatic carbocycles. The van der Waals surface area contributed by atoms with Gasteiger partial charge < -0.3 is 5.73 Å². The van der Waals surface area contributed by atoms with Gasteiger partial charge in [0.2, 0.25) is 0 Å². The minimum Gasteiger partial charge on any atom is -0.399 e. The average Bonchev–Trinajstić information content (AvgIpc) is 2.36. The Morgan fingerprint density at radius 2 is 1.74 bits per heavy atom. The highest BCUT2D eigenvalue weighted by molar-refractivity contribution is 5.39. The summed E-state index contributed by atoms with van der Waals surface area (Å²) in [5.41, 5.74) is 9.81. The van der Waals surface area contributed by atoms with Crippen LogP contribution in [-0.2, 0) is 13.1 Å². The molecule has 0 spiro atoms. The molecule has 0 heterocycles. The zero-order chi connectivity index (χ0) is 13.8. The number of rotatable bonds is 4. The van der Waals surface area contributed by atoms with Crippen molar-refractivity contribution in [1.82, 2.24) is 4.90 Å². The molecule has 0 aliphatic heterocycles. The summed E-state index contributed by atoms with van der Waals surface area (Å²) in [6.07, 6.45) is 0. The van der Waals surface area contributed by atoms with E-state index in [0.717, 1.165) is 29.9 Å². The highest BCUT2D eigenvalue weighted by Gasteiger charge is 2.05. The average molecular weight is 258 g/mol. The Labute approximate surface area is 113 Å². The molecule has 2 aromatic rings. The van der Waals surface area contributed by atoms with Crippen molar-refractivity contribution < 1.29 is 4.39 Å². The van der Waals surface area contributed by atoms with Crippen LogP contribution < -0.4 is 5.73 Å². The van der Waals surface area contributed by atoms with Crippen molar-refractivity contribution in [2.75, 3.05) is 12.8 Å². The maximum absolute atomic E-state index is 13.0. The fourth-order valence-electron chi connectivity index (χ4n) is 2.12. The van der Waals surface area contributed by atoms with E-state index in [0.29, 0.717) is 0 Å². The van der Waals surface area contributed by atoms with Gasteiger partial charge in [0.15, 0.2) is 0 Å². The zero-order valence-electron chi connectivity index (χ0n) is 11.4. The molecule has 0 radical (unpaired) electrons. The Morgan fingerprint density at radius 3 is 2.37 bits per heavy atom.